The first-order valence-electron chi connectivity index (χ1n) is 6.39. The molecular weight excluding hydrogens is 188 g/mol. The highest BCUT2D eigenvalue weighted by atomic mass is 16.3. The molecule has 3 heteroatoms. The van der Waals surface area contributed by atoms with E-state index in [0.29, 0.717) is 12.0 Å². The first-order chi connectivity index (χ1) is 7.25. The summed E-state index contributed by atoms with van der Waals surface area (Å²) in [6, 6.07) is 0.696. The van der Waals surface area contributed by atoms with Gasteiger partial charge in [0.05, 0.1) is 6.10 Å². The lowest BCUT2D eigenvalue weighted by atomic mass is 9.95. The van der Waals surface area contributed by atoms with Crippen LogP contribution in [0.15, 0.2) is 0 Å². The van der Waals surface area contributed by atoms with Crippen molar-refractivity contribution in [3.05, 3.63) is 0 Å². The molecular formula is C12H24N2O. The van der Waals surface area contributed by atoms with Crippen molar-refractivity contribution in [3.8, 4) is 0 Å². The van der Waals surface area contributed by atoms with Crippen LogP contribution in [0.1, 0.15) is 32.6 Å². The fourth-order valence-corrected chi connectivity index (χ4v) is 2.78. The predicted molar refractivity (Wildman–Crippen MR) is 61.9 cm³/mol. The van der Waals surface area contributed by atoms with E-state index in [2.05, 4.69) is 17.1 Å². The number of hydrogen-bond donors (Lipinski definition) is 2. The van der Waals surface area contributed by atoms with E-state index in [1.165, 1.54) is 32.4 Å². The number of rotatable bonds is 2. The Hall–Kier alpha value is -0.120. The van der Waals surface area contributed by atoms with Crippen molar-refractivity contribution < 1.29 is 5.11 Å². The van der Waals surface area contributed by atoms with Crippen LogP contribution >= 0.6 is 0 Å². The van der Waals surface area contributed by atoms with Crippen LogP contribution in [0.2, 0.25) is 0 Å². The van der Waals surface area contributed by atoms with Crippen LogP contribution in [-0.4, -0.2) is 48.3 Å². The molecule has 3 nitrogen and oxygen atoms in total. The van der Waals surface area contributed by atoms with Crippen molar-refractivity contribution in [1.29, 1.82) is 0 Å². The van der Waals surface area contributed by atoms with Crippen molar-refractivity contribution in [2.75, 3.05) is 26.2 Å². The lowest BCUT2D eigenvalue weighted by molar-refractivity contribution is 0.0303. The summed E-state index contributed by atoms with van der Waals surface area (Å²) >= 11 is 0. The van der Waals surface area contributed by atoms with Gasteiger partial charge in [-0.1, -0.05) is 13.3 Å². The summed E-state index contributed by atoms with van der Waals surface area (Å²) in [6.07, 6.45) is 4.93. The summed E-state index contributed by atoms with van der Waals surface area (Å²) in [5.74, 6) is 0.447. The van der Waals surface area contributed by atoms with E-state index in [0.717, 1.165) is 19.5 Å². The molecule has 0 aromatic carbocycles. The zero-order valence-electron chi connectivity index (χ0n) is 9.78. The Balaban J connectivity index is 1.74. The molecule has 2 fully saturated rings. The SMILES string of the molecule is CC1CN(CC2CCCCN2)CCC1O. The third kappa shape index (κ3) is 3.16. The maximum Gasteiger partial charge on any atom is 0.0590 e. The van der Waals surface area contributed by atoms with Crippen molar-refractivity contribution in [3.63, 3.8) is 0 Å². The monoisotopic (exact) mass is 212 g/mol. The van der Waals surface area contributed by atoms with Crippen LogP contribution in [0.4, 0.5) is 0 Å². The first-order valence-corrected chi connectivity index (χ1v) is 6.39. The first kappa shape index (κ1) is 11.4. The van der Waals surface area contributed by atoms with Gasteiger partial charge >= 0.3 is 0 Å². The summed E-state index contributed by atoms with van der Waals surface area (Å²) in [6.45, 7) is 6.67. The molecule has 0 amide bonds. The molecule has 0 bridgehead atoms. The summed E-state index contributed by atoms with van der Waals surface area (Å²) in [5.41, 5.74) is 0. The van der Waals surface area contributed by atoms with E-state index in [-0.39, 0.29) is 6.10 Å². The second-order valence-corrected chi connectivity index (χ2v) is 5.24. The fraction of sp³-hybridized carbons (Fsp3) is 1.00. The summed E-state index contributed by atoms with van der Waals surface area (Å²) in [5, 5.41) is 13.2. The van der Waals surface area contributed by atoms with E-state index < -0.39 is 0 Å². The van der Waals surface area contributed by atoms with Gasteiger partial charge in [-0.15, -0.1) is 0 Å². The standard InChI is InChI=1S/C12H24N2O/c1-10-8-14(7-5-12(10)15)9-11-4-2-3-6-13-11/h10-13,15H,2-9H2,1H3. The van der Waals surface area contributed by atoms with Gasteiger partial charge in [-0.2, -0.15) is 0 Å². The van der Waals surface area contributed by atoms with E-state index in [1.54, 1.807) is 0 Å². The van der Waals surface area contributed by atoms with Gasteiger partial charge in [0.25, 0.3) is 0 Å². The number of piperidine rings is 2. The topological polar surface area (TPSA) is 35.5 Å². The Morgan fingerprint density at radius 1 is 1.33 bits per heavy atom. The summed E-state index contributed by atoms with van der Waals surface area (Å²) in [4.78, 5) is 2.51. The zero-order chi connectivity index (χ0) is 10.7. The third-order valence-electron chi connectivity index (χ3n) is 3.84. The molecule has 2 rings (SSSR count). The minimum Gasteiger partial charge on any atom is -0.393 e. The number of nitrogens with one attached hydrogen (secondary N) is 1. The highest BCUT2D eigenvalue weighted by Crippen LogP contribution is 2.18. The normalized spacial score (nSPS) is 39.2. The van der Waals surface area contributed by atoms with Crippen molar-refractivity contribution in [1.82, 2.24) is 10.2 Å². The van der Waals surface area contributed by atoms with Crippen LogP contribution in [0.5, 0.6) is 0 Å². The molecule has 0 radical (unpaired) electrons. The molecule has 15 heavy (non-hydrogen) atoms. The molecule has 2 saturated heterocycles. The number of aliphatic hydroxyl groups excluding tert-OH is 1. The van der Waals surface area contributed by atoms with Gasteiger partial charge in [0.15, 0.2) is 0 Å². The van der Waals surface area contributed by atoms with Crippen LogP contribution in [0, 0.1) is 5.92 Å². The molecule has 3 unspecified atom stereocenters. The molecule has 2 aliphatic rings. The third-order valence-corrected chi connectivity index (χ3v) is 3.84. The number of hydrogen-bond acceptors (Lipinski definition) is 3. The molecule has 2 aliphatic heterocycles. The highest BCUT2D eigenvalue weighted by molar-refractivity contribution is 4.82. The lowest BCUT2D eigenvalue weighted by Crippen LogP contribution is -2.49. The van der Waals surface area contributed by atoms with Gasteiger partial charge in [-0.05, 0) is 31.7 Å². The quantitative estimate of drug-likeness (QED) is 0.712. The molecule has 0 aromatic rings. The minimum atomic E-state index is -0.0689. The van der Waals surface area contributed by atoms with Crippen molar-refractivity contribution >= 4 is 0 Å². The van der Waals surface area contributed by atoms with Gasteiger partial charge in [-0.25, -0.2) is 0 Å². The van der Waals surface area contributed by atoms with Crippen LogP contribution in [-0.2, 0) is 0 Å². The largest absolute Gasteiger partial charge is 0.393 e. The van der Waals surface area contributed by atoms with Crippen LogP contribution < -0.4 is 5.32 Å². The smallest absolute Gasteiger partial charge is 0.0590 e. The van der Waals surface area contributed by atoms with Gasteiger partial charge in [0.1, 0.15) is 0 Å². The second kappa shape index (κ2) is 5.28. The van der Waals surface area contributed by atoms with E-state index in [1.807, 2.05) is 0 Å². The summed E-state index contributed by atoms with van der Waals surface area (Å²) in [7, 11) is 0. The predicted octanol–water partition coefficient (Wildman–Crippen LogP) is 0.831. The van der Waals surface area contributed by atoms with Crippen molar-refractivity contribution in [2.24, 2.45) is 5.92 Å². The molecule has 88 valence electrons. The molecule has 0 aromatic heterocycles. The van der Waals surface area contributed by atoms with E-state index >= 15 is 0 Å². The Bertz CT molecular complexity index is 192. The van der Waals surface area contributed by atoms with Gasteiger partial charge in [0, 0.05) is 25.7 Å². The summed E-state index contributed by atoms with van der Waals surface area (Å²) < 4.78 is 0. The molecule has 0 spiro atoms. The Morgan fingerprint density at radius 3 is 2.87 bits per heavy atom. The van der Waals surface area contributed by atoms with Crippen LogP contribution in [0.3, 0.4) is 0 Å². The molecule has 0 saturated carbocycles. The van der Waals surface area contributed by atoms with Crippen LogP contribution in [0.25, 0.3) is 0 Å². The molecule has 2 N–H and O–H groups in total. The number of nitrogens with zero attached hydrogens (tertiary/aromatic N) is 1. The molecule has 3 atom stereocenters. The molecule has 0 aliphatic carbocycles. The van der Waals surface area contributed by atoms with Crippen molar-refractivity contribution in [2.45, 2.75) is 44.8 Å². The second-order valence-electron chi connectivity index (χ2n) is 5.24. The number of likely N-dealkylation sites (tertiary alicyclic amines) is 1. The van der Waals surface area contributed by atoms with Gasteiger partial charge in [-0.3, -0.25) is 0 Å². The average Bonchev–Trinajstić information content (AvgIpc) is 2.25. The Kier molecular flexibility index (Phi) is 4.00. The zero-order valence-corrected chi connectivity index (χ0v) is 9.78. The number of aliphatic hydroxyl groups is 1. The van der Waals surface area contributed by atoms with E-state index in [4.69, 9.17) is 0 Å². The lowest BCUT2D eigenvalue weighted by Gasteiger charge is -2.37. The molecule has 2 heterocycles. The van der Waals surface area contributed by atoms with Gasteiger partial charge in [0.2, 0.25) is 0 Å². The highest BCUT2D eigenvalue weighted by Gasteiger charge is 2.26. The fourth-order valence-electron chi connectivity index (χ4n) is 2.78. The Labute approximate surface area is 92.8 Å². The minimum absolute atomic E-state index is 0.0689. The Morgan fingerprint density at radius 2 is 2.20 bits per heavy atom. The maximum absolute atomic E-state index is 9.66. The van der Waals surface area contributed by atoms with Gasteiger partial charge < -0.3 is 15.3 Å². The van der Waals surface area contributed by atoms with E-state index in [9.17, 15) is 5.11 Å². The maximum atomic E-state index is 9.66. The average molecular weight is 212 g/mol.